The molecule has 1 aliphatic rings. The van der Waals surface area contributed by atoms with Crippen molar-refractivity contribution in [2.45, 2.75) is 27.2 Å². The predicted molar refractivity (Wildman–Crippen MR) is 96.5 cm³/mol. The van der Waals surface area contributed by atoms with Gasteiger partial charge in [-0.05, 0) is 17.9 Å². The smallest absolute Gasteiger partial charge is 0.302 e. The van der Waals surface area contributed by atoms with Gasteiger partial charge in [0.2, 0.25) is 5.95 Å². The summed E-state index contributed by atoms with van der Waals surface area (Å²) in [6.45, 7) is 6.15. The summed E-state index contributed by atoms with van der Waals surface area (Å²) >= 11 is 0. The average molecular weight is 361 g/mol. The van der Waals surface area contributed by atoms with Crippen molar-refractivity contribution in [2.75, 3.05) is 25.1 Å². The summed E-state index contributed by atoms with van der Waals surface area (Å²) in [5.74, 6) is 0.410. The van der Waals surface area contributed by atoms with Gasteiger partial charge in [0.25, 0.3) is 5.56 Å². The highest BCUT2D eigenvalue weighted by Crippen LogP contribution is 2.52. The molecule has 0 aliphatic heterocycles. The van der Waals surface area contributed by atoms with E-state index in [9.17, 15) is 14.7 Å². The molecule has 1 atom stereocenters. The Labute approximate surface area is 150 Å². The van der Waals surface area contributed by atoms with E-state index in [0.29, 0.717) is 30.5 Å². The van der Waals surface area contributed by atoms with Crippen LogP contribution in [0.15, 0.2) is 16.7 Å². The molecule has 1 fully saturated rings. The first kappa shape index (κ1) is 18.1. The number of aromatic amines is 1. The number of carbonyl (C=O) groups excluding carboxylic acids is 1. The molecule has 1 aliphatic carbocycles. The van der Waals surface area contributed by atoms with Crippen molar-refractivity contribution in [3.05, 3.63) is 22.3 Å². The molecular formula is C17H23N5O4. The van der Waals surface area contributed by atoms with Crippen LogP contribution in [0.1, 0.15) is 27.2 Å². The second-order valence-corrected chi connectivity index (χ2v) is 7.06. The molecule has 0 aromatic carbocycles. The van der Waals surface area contributed by atoms with Crippen LogP contribution in [0.25, 0.3) is 17.4 Å². The van der Waals surface area contributed by atoms with E-state index in [2.05, 4.69) is 34.1 Å². The number of aromatic nitrogens is 4. The van der Waals surface area contributed by atoms with E-state index >= 15 is 0 Å². The summed E-state index contributed by atoms with van der Waals surface area (Å²) in [4.78, 5) is 34.4. The Bertz CT molecular complexity index is 914. The standard InChI is InChI=1S/C17H23N5O4/c1-10(2)5-18-16-20-14-13(15(25)21-16)19-9-22(14)6-12-4-17(12,7-23)8-26-11(3)24/h6,9-10,23H,4-5,7-8H2,1-3H3,(H2,18,20,21,25)/b12-6-/t17-/m1/s1. The van der Waals surface area contributed by atoms with Crippen molar-refractivity contribution in [3.8, 4) is 0 Å². The first-order valence-electron chi connectivity index (χ1n) is 8.51. The number of esters is 1. The van der Waals surface area contributed by atoms with E-state index < -0.39 is 5.41 Å². The lowest BCUT2D eigenvalue weighted by molar-refractivity contribution is -0.143. The van der Waals surface area contributed by atoms with Crippen LogP contribution >= 0.6 is 0 Å². The molecule has 0 radical (unpaired) electrons. The summed E-state index contributed by atoms with van der Waals surface area (Å²) in [6, 6.07) is 0. The van der Waals surface area contributed by atoms with Crippen molar-refractivity contribution < 1.29 is 14.6 Å². The van der Waals surface area contributed by atoms with Crippen molar-refractivity contribution in [3.63, 3.8) is 0 Å². The molecular weight excluding hydrogens is 338 g/mol. The number of anilines is 1. The van der Waals surface area contributed by atoms with Gasteiger partial charge in [0.05, 0.1) is 12.0 Å². The molecule has 0 amide bonds. The van der Waals surface area contributed by atoms with Crippen LogP contribution in [0.2, 0.25) is 0 Å². The molecule has 2 aromatic rings. The molecule has 26 heavy (non-hydrogen) atoms. The second-order valence-electron chi connectivity index (χ2n) is 7.06. The van der Waals surface area contributed by atoms with Crippen LogP contribution in [0.5, 0.6) is 0 Å². The summed E-state index contributed by atoms with van der Waals surface area (Å²) < 4.78 is 6.70. The lowest BCUT2D eigenvalue weighted by Gasteiger charge is -2.10. The van der Waals surface area contributed by atoms with Gasteiger partial charge in [0.1, 0.15) is 12.9 Å². The molecule has 1 saturated carbocycles. The number of carbonyl (C=O) groups is 1. The normalized spacial score (nSPS) is 20.7. The fourth-order valence-corrected chi connectivity index (χ4v) is 2.66. The minimum absolute atomic E-state index is 0.117. The van der Waals surface area contributed by atoms with E-state index in [4.69, 9.17) is 4.74 Å². The van der Waals surface area contributed by atoms with Crippen LogP contribution in [0, 0.1) is 11.3 Å². The molecule has 3 rings (SSSR count). The van der Waals surface area contributed by atoms with E-state index in [1.165, 1.54) is 13.3 Å². The molecule has 9 heteroatoms. The number of aliphatic hydroxyl groups is 1. The quantitative estimate of drug-likeness (QED) is 0.628. The molecule has 9 nitrogen and oxygen atoms in total. The summed E-state index contributed by atoms with van der Waals surface area (Å²) in [7, 11) is 0. The van der Waals surface area contributed by atoms with Crippen molar-refractivity contribution in [1.82, 2.24) is 19.5 Å². The number of hydrogen-bond donors (Lipinski definition) is 3. The molecule has 0 bridgehead atoms. The molecule has 140 valence electrons. The molecule has 0 unspecified atom stereocenters. The number of hydrogen-bond acceptors (Lipinski definition) is 7. The van der Waals surface area contributed by atoms with Crippen molar-refractivity contribution in [2.24, 2.45) is 11.3 Å². The Morgan fingerprint density at radius 1 is 1.58 bits per heavy atom. The number of H-pyrrole nitrogens is 1. The average Bonchev–Trinajstić information content (AvgIpc) is 3.13. The predicted octanol–water partition coefficient (Wildman–Crippen LogP) is 0.974. The van der Waals surface area contributed by atoms with Crippen LogP contribution in [-0.2, 0) is 9.53 Å². The molecule has 0 saturated heterocycles. The minimum Gasteiger partial charge on any atom is -0.465 e. The van der Waals surface area contributed by atoms with E-state index in [1.54, 1.807) is 10.8 Å². The van der Waals surface area contributed by atoms with Crippen LogP contribution in [0.4, 0.5) is 5.95 Å². The van der Waals surface area contributed by atoms with Crippen LogP contribution < -0.4 is 10.9 Å². The minimum atomic E-state index is -0.553. The van der Waals surface area contributed by atoms with E-state index in [1.807, 2.05) is 0 Å². The van der Waals surface area contributed by atoms with Gasteiger partial charge >= 0.3 is 5.97 Å². The Balaban J connectivity index is 1.89. The third kappa shape index (κ3) is 3.62. The van der Waals surface area contributed by atoms with Crippen molar-refractivity contribution in [1.29, 1.82) is 0 Å². The Morgan fingerprint density at radius 3 is 3.00 bits per heavy atom. The molecule has 3 N–H and O–H groups in total. The highest BCUT2D eigenvalue weighted by molar-refractivity contribution is 5.74. The lowest BCUT2D eigenvalue weighted by Crippen LogP contribution is -2.17. The number of rotatable bonds is 7. The molecule has 2 heterocycles. The first-order valence-corrected chi connectivity index (χ1v) is 8.51. The maximum Gasteiger partial charge on any atom is 0.302 e. The molecule has 2 aromatic heterocycles. The largest absolute Gasteiger partial charge is 0.465 e. The summed E-state index contributed by atoms with van der Waals surface area (Å²) in [5, 5.41) is 12.8. The van der Waals surface area contributed by atoms with Gasteiger partial charge in [-0.2, -0.15) is 4.98 Å². The third-order valence-corrected chi connectivity index (χ3v) is 4.34. The van der Waals surface area contributed by atoms with E-state index in [-0.39, 0.29) is 30.3 Å². The van der Waals surface area contributed by atoms with Gasteiger partial charge in [0.15, 0.2) is 11.2 Å². The van der Waals surface area contributed by atoms with E-state index in [0.717, 1.165) is 5.57 Å². The van der Waals surface area contributed by atoms with Gasteiger partial charge in [0, 0.05) is 19.7 Å². The number of aliphatic hydroxyl groups excluding tert-OH is 1. The van der Waals surface area contributed by atoms with Crippen molar-refractivity contribution >= 4 is 29.3 Å². The number of fused-ring (bicyclic) bond motifs is 1. The van der Waals surface area contributed by atoms with Gasteiger partial charge in [-0.25, -0.2) is 4.98 Å². The van der Waals surface area contributed by atoms with Crippen LogP contribution in [-0.4, -0.2) is 50.4 Å². The Hall–Kier alpha value is -2.68. The first-order chi connectivity index (χ1) is 12.3. The highest BCUT2D eigenvalue weighted by atomic mass is 16.5. The lowest BCUT2D eigenvalue weighted by atomic mass is 10.1. The Kier molecular flexibility index (Phi) is 4.82. The third-order valence-electron chi connectivity index (χ3n) is 4.34. The summed E-state index contributed by atoms with van der Waals surface area (Å²) in [5.41, 5.74) is 0.718. The fraction of sp³-hybridized carbons (Fsp3) is 0.529. The SMILES string of the molecule is CC(=O)OC[C@]1(CO)C/C1=C/n1cnc2c(=O)[nH]c(NCC(C)C)nc21. The van der Waals surface area contributed by atoms with Gasteiger partial charge in [-0.3, -0.25) is 19.1 Å². The number of nitrogens with one attached hydrogen (secondary N) is 2. The van der Waals surface area contributed by atoms with Crippen LogP contribution in [0.3, 0.4) is 0 Å². The zero-order valence-electron chi connectivity index (χ0n) is 15.1. The number of ether oxygens (including phenoxy) is 1. The van der Waals surface area contributed by atoms with Gasteiger partial charge in [-0.1, -0.05) is 13.8 Å². The number of imidazole rings is 1. The summed E-state index contributed by atoms with van der Waals surface area (Å²) in [6.07, 6.45) is 3.91. The van der Waals surface area contributed by atoms with Gasteiger partial charge in [-0.15, -0.1) is 0 Å². The zero-order valence-corrected chi connectivity index (χ0v) is 15.1. The number of nitrogens with zero attached hydrogens (tertiary/aromatic N) is 3. The van der Waals surface area contributed by atoms with Gasteiger partial charge < -0.3 is 15.2 Å². The highest BCUT2D eigenvalue weighted by Gasteiger charge is 2.49. The topological polar surface area (TPSA) is 122 Å². The Morgan fingerprint density at radius 2 is 2.35 bits per heavy atom. The molecule has 0 spiro atoms. The monoisotopic (exact) mass is 361 g/mol. The maximum atomic E-state index is 12.2. The fourth-order valence-electron chi connectivity index (χ4n) is 2.66. The second kappa shape index (κ2) is 6.91. The zero-order chi connectivity index (χ0) is 18.9. The maximum absolute atomic E-state index is 12.2.